The van der Waals surface area contributed by atoms with Crippen molar-refractivity contribution in [3.63, 3.8) is 0 Å². The maximum Gasteiger partial charge on any atom is 0.391 e. The average Bonchev–Trinajstić information content (AvgIpc) is 2.87. The molecule has 1 heterocycles. The van der Waals surface area contributed by atoms with Crippen LogP contribution >= 0.6 is 11.3 Å². The molecule has 0 bridgehead atoms. The molecule has 1 aromatic heterocycles. The minimum atomic E-state index is -4.01. The second-order valence-corrected chi connectivity index (χ2v) is 6.84. The first-order valence-corrected chi connectivity index (χ1v) is 8.13. The van der Waals surface area contributed by atoms with Crippen LogP contribution in [-0.2, 0) is 6.42 Å². The van der Waals surface area contributed by atoms with Crippen molar-refractivity contribution in [2.75, 3.05) is 0 Å². The molecule has 1 nitrogen and oxygen atoms in total. The molecule has 5 heteroatoms. The molecule has 20 heavy (non-hydrogen) atoms. The third-order valence-corrected chi connectivity index (χ3v) is 5.55. The van der Waals surface area contributed by atoms with E-state index in [2.05, 4.69) is 31.3 Å². The Bertz CT molecular complexity index is 419. The molecule has 0 amide bonds. The molecule has 0 aliphatic heterocycles. The molecule has 114 valence electrons. The van der Waals surface area contributed by atoms with Crippen molar-refractivity contribution in [3.05, 3.63) is 21.9 Å². The molecule has 1 atom stereocenters. The lowest BCUT2D eigenvalue weighted by Gasteiger charge is -2.32. The first-order valence-electron chi connectivity index (χ1n) is 7.31. The predicted molar refractivity (Wildman–Crippen MR) is 77.0 cm³/mol. The largest absolute Gasteiger partial charge is 0.391 e. The van der Waals surface area contributed by atoms with Crippen molar-refractivity contribution in [2.24, 2.45) is 5.92 Å². The van der Waals surface area contributed by atoms with E-state index in [1.165, 1.54) is 9.75 Å². The summed E-state index contributed by atoms with van der Waals surface area (Å²) in [6.07, 6.45) is -1.20. The molecule has 1 fully saturated rings. The average molecular weight is 305 g/mol. The Morgan fingerprint density at radius 2 is 1.90 bits per heavy atom. The fourth-order valence-electron chi connectivity index (χ4n) is 2.84. The maximum absolute atomic E-state index is 12.6. The normalized spacial score (nSPS) is 25.6. The van der Waals surface area contributed by atoms with Crippen molar-refractivity contribution < 1.29 is 13.2 Å². The monoisotopic (exact) mass is 305 g/mol. The lowest BCUT2D eigenvalue weighted by Crippen LogP contribution is -2.37. The first kappa shape index (κ1) is 15.8. The summed E-state index contributed by atoms with van der Waals surface area (Å²) in [6.45, 7) is 4.23. The Morgan fingerprint density at radius 1 is 1.25 bits per heavy atom. The third-order valence-electron chi connectivity index (χ3n) is 4.13. The van der Waals surface area contributed by atoms with E-state index in [1.807, 2.05) is 0 Å². The van der Waals surface area contributed by atoms with Gasteiger partial charge < -0.3 is 5.32 Å². The van der Waals surface area contributed by atoms with Gasteiger partial charge in [-0.3, -0.25) is 0 Å². The van der Waals surface area contributed by atoms with Gasteiger partial charge in [0.2, 0.25) is 0 Å². The van der Waals surface area contributed by atoms with E-state index in [1.54, 1.807) is 11.3 Å². The van der Waals surface area contributed by atoms with Crippen LogP contribution in [0.4, 0.5) is 13.2 Å². The maximum atomic E-state index is 12.6. The molecular formula is C15H22F3NS. The highest BCUT2D eigenvalue weighted by Crippen LogP contribution is 2.38. The molecule has 0 aromatic carbocycles. The summed E-state index contributed by atoms with van der Waals surface area (Å²) in [6, 6.07) is 4.71. The molecule has 1 aromatic rings. The van der Waals surface area contributed by atoms with E-state index in [4.69, 9.17) is 0 Å². The number of thiophene rings is 1. The van der Waals surface area contributed by atoms with Gasteiger partial charge in [-0.15, -0.1) is 11.3 Å². The van der Waals surface area contributed by atoms with Crippen molar-refractivity contribution in [2.45, 2.75) is 64.2 Å². The minimum absolute atomic E-state index is 0.218. The summed E-state index contributed by atoms with van der Waals surface area (Å²) in [5, 5.41) is 3.49. The molecule has 0 spiro atoms. The smallest absolute Gasteiger partial charge is 0.307 e. The Kier molecular flexibility index (Phi) is 5.13. The van der Waals surface area contributed by atoms with Crippen LogP contribution in [0.2, 0.25) is 0 Å². The van der Waals surface area contributed by atoms with Crippen molar-refractivity contribution >= 4 is 11.3 Å². The second kappa shape index (κ2) is 6.48. The summed E-state index contributed by atoms with van der Waals surface area (Å²) in [5.74, 6) is -1.09. The van der Waals surface area contributed by atoms with Gasteiger partial charge in [-0.05, 0) is 51.2 Å². The predicted octanol–water partition coefficient (Wildman–Crippen LogP) is 5.08. The molecule has 2 rings (SSSR count). The molecule has 0 saturated heterocycles. The summed E-state index contributed by atoms with van der Waals surface area (Å²) < 4.78 is 37.9. The van der Waals surface area contributed by atoms with E-state index in [-0.39, 0.29) is 24.9 Å². The van der Waals surface area contributed by atoms with E-state index >= 15 is 0 Å². The molecule has 1 aliphatic carbocycles. The van der Waals surface area contributed by atoms with Gasteiger partial charge in [0.25, 0.3) is 0 Å². The van der Waals surface area contributed by atoms with Gasteiger partial charge in [-0.25, -0.2) is 0 Å². The van der Waals surface area contributed by atoms with Gasteiger partial charge in [0.1, 0.15) is 0 Å². The first-order chi connectivity index (χ1) is 9.40. The fourth-order valence-corrected chi connectivity index (χ4v) is 3.80. The highest BCUT2D eigenvalue weighted by molar-refractivity contribution is 7.12. The van der Waals surface area contributed by atoms with Crippen LogP contribution in [0.5, 0.6) is 0 Å². The van der Waals surface area contributed by atoms with Crippen LogP contribution in [0.3, 0.4) is 0 Å². The molecule has 1 unspecified atom stereocenters. The highest BCUT2D eigenvalue weighted by atomic mass is 32.1. The van der Waals surface area contributed by atoms with E-state index < -0.39 is 12.1 Å². The van der Waals surface area contributed by atoms with E-state index in [0.717, 1.165) is 6.42 Å². The lowest BCUT2D eigenvalue weighted by molar-refractivity contribution is -0.182. The zero-order chi connectivity index (χ0) is 14.8. The Morgan fingerprint density at radius 3 is 2.40 bits per heavy atom. The number of aryl methyl sites for hydroxylation is 1. The minimum Gasteiger partial charge on any atom is -0.307 e. The number of hydrogen-bond donors (Lipinski definition) is 1. The number of halogens is 3. The number of alkyl halides is 3. The highest BCUT2D eigenvalue weighted by Gasteiger charge is 2.41. The Balaban J connectivity index is 1.83. The lowest BCUT2D eigenvalue weighted by atomic mass is 9.85. The van der Waals surface area contributed by atoms with Gasteiger partial charge in [0, 0.05) is 21.8 Å². The van der Waals surface area contributed by atoms with E-state index in [9.17, 15) is 13.2 Å². The fraction of sp³-hybridized carbons (Fsp3) is 0.733. The van der Waals surface area contributed by atoms with Crippen LogP contribution in [0.15, 0.2) is 12.1 Å². The number of hydrogen-bond acceptors (Lipinski definition) is 2. The van der Waals surface area contributed by atoms with Gasteiger partial charge in [0.05, 0.1) is 5.92 Å². The second-order valence-electron chi connectivity index (χ2n) is 5.64. The van der Waals surface area contributed by atoms with Gasteiger partial charge in [0.15, 0.2) is 0 Å². The van der Waals surface area contributed by atoms with Crippen molar-refractivity contribution in [1.82, 2.24) is 5.32 Å². The summed E-state index contributed by atoms with van der Waals surface area (Å²) in [5.41, 5.74) is 0. The molecule has 1 aliphatic rings. The summed E-state index contributed by atoms with van der Waals surface area (Å²) >= 11 is 1.79. The van der Waals surface area contributed by atoms with Gasteiger partial charge in [-0.1, -0.05) is 6.92 Å². The van der Waals surface area contributed by atoms with Gasteiger partial charge >= 0.3 is 6.18 Å². The van der Waals surface area contributed by atoms with Crippen molar-refractivity contribution in [1.29, 1.82) is 0 Å². The summed E-state index contributed by atoms with van der Waals surface area (Å²) in [7, 11) is 0. The third kappa shape index (κ3) is 3.98. The number of rotatable bonds is 4. The van der Waals surface area contributed by atoms with Gasteiger partial charge in [-0.2, -0.15) is 13.2 Å². The quantitative estimate of drug-likeness (QED) is 0.817. The standard InChI is InChI=1S/C15H22F3NS/c1-3-13-8-9-14(20-13)10(2)19-12-6-4-11(5-7-12)15(16,17)18/h8-12,19H,3-7H2,1-2H3. The van der Waals surface area contributed by atoms with Crippen LogP contribution in [0.25, 0.3) is 0 Å². The summed E-state index contributed by atoms with van der Waals surface area (Å²) in [4.78, 5) is 2.63. The molecular weight excluding hydrogens is 283 g/mol. The Hall–Kier alpha value is -0.550. The molecule has 0 radical (unpaired) electrons. The Labute approximate surface area is 122 Å². The van der Waals surface area contributed by atoms with Crippen LogP contribution in [0.1, 0.15) is 55.3 Å². The topological polar surface area (TPSA) is 12.0 Å². The zero-order valence-corrected chi connectivity index (χ0v) is 12.8. The number of nitrogens with one attached hydrogen (secondary N) is 1. The molecule has 1 N–H and O–H groups in total. The zero-order valence-electron chi connectivity index (χ0n) is 12.0. The van der Waals surface area contributed by atoms with Crippen LogP contribution < -0.4 is 5.32 Å². The SMILES string of the molecule is CCc1ccc(C(C)NC2CCC(C(F)(F)F)CC2)s1. The van der Waals surface area contributed by atoms with Crippen molar-refractivity contribution in [3.8, 4) is 0 Å². The van der Waals surface area contributed by atoms with E-state index in [0.29, 0.717) is 12.8 Å². The molecule has 1 saturated carbocycles. The van der Waals surface area contributed by atoms with Crippen LogP contribution in [-0.4, -0.2) is 12.2 Å². The van der Waals surface area contributed by atoms with Crippen LogP contribution in [0, 0.1) is 5.92 Å².